The van der Waals surface area contributed by atoms with E-state index < -0.39 is 16.6 Å². The van der Waals surface area contributed by atoms with Crippen LogP contribution in [0.4, 0.5) is 0 Å². The van der Waals surface area contributed by atoms with Gasteiger partial charge in [-0.3, -0.25) is 0 Å². The van der Waals surface area contributed by atoms with Crippen molar-refractivity contribution >= 4 is 16.6 Å². The standard InChI is InChI=1S/C26H46O2Si2/c1-11-17-29(18-12-2,19-13-3)27-24(9)26(23(7)8)25(10)28-30(20-14-4,21-15-5)22-16-6/h11-16,23-26H,1-6,17-22H2,7-10H3. The van der Waals surface area contributed by atoms with Crippen LogP contribution in [0.2, 0.25) is 36.3 Å². The summed E-state index contributed by atoms with van der Waals surface area (Å²) in [6.45, 7) is 32.8. The van der Waals surface area contributed by atoms with Gasteiger partial charge in [-0.2, -0.15) is 0 Å². The molecule has 0 heterocycles. The number of hydrogen-bond donors (Lipinski definition) is 0. The zero-order valence-electron chi connectivity index (χ0n) is 20.1. The van der Waals surface area contributed by atoms with Crippen LogP contribution in [0.5, 0.6) is 0 Å². The Morgan fingerprint density at radius 1 is 0.533 bits per heavy atom. The lowest BCUT2D eigenvalue weighted by atomic mass is 9.87. The summed E-state index contributed by atoms with van der Waals surface area (Å²) >= 11 is 0. The normalized spacial score (nSPS) is 15.1. The highest BCUT2D eigenvalue weighted by molar-refractivity contribution is 6.75. The van der Waals surface area contributed by atoms with E-state index in [1.54, 1.807) is 0 Å². The average molecular weight is 447 g/mol. The molecule has 0 aliphatic rings. The van der Waals surface area contributed by atoms with Gasteiger partial charge in [-0.25, -0.2) is 0 Å². The fraction of sp³-hybridized carbons (Fsp3) is 0.538. The first-order chi connectivity index (χ1) is 14.2. The predicted molar refractivity (Wildman–Crippen MR) is 141 cm³/mol. The van der Waals surface area contributed by atoms with Gasteiger partial charge in [0, 0.05) is 18.1 Å². The second-order valence-corrected chi connectivity index (χ2v) is 16.4. The van der Waals surface area contributed by atoms with Crippen LogP contribution in [-0.4, -0.2) is 28.8 Å². The summed E-state index contributed by atoms with van der Waals surface area (Å²) < 4.78 is 13.8. The van der Waals surface area contributed by atoms with Gasteiger partial charge < -0.3 is 8.85 Å². The van der Waals surface area contributed by atoms with Crippen LogP contribution in [-0.2, 0) is 8.85 Å². The van der Waals surface area contributed by atoms with E-state index in [1.165, 1.54) is 0 Å². The lowest BCUT2D eigenvalue weighted by Gasteiger charge is -2.42. The number of allylic oxidation sites excluding steroid dienone is 6. The Morgan fingerprint density at radius 3 is 0.933 bits per heavy atom. The Morgan fingerprint density at radius 2 is 0.767 bits per heavy atom. The zero-order valence-corrected chi connectivity index (χ0v) is 22.1. The van der Waals surface area contributed by atoms with Gasteiger partial charge in [0.2, 0.25) is 16.6 Å². The van der Waals surface area contributed by atoms with Gasteiger partial charge in [-0.1, -0.05) is 50.3 Å². The van der Waals surface area contributed by atoms with Crippen molar-refractivity contribution in [2.24, 2.45) is 11.8 Å². The first-order valence-electron chi connectivity index (χ1n) is 11.2. The summed E-state index contributed by atoms with van der Waals surface area (Å²) in [5.41, 5.74) is 0. The Balaban J connectivity index is 5.80. The van der Waals surface area contributed by atoms with Crippen LogP contribution < -0.4 is 0 Å². The van der Waals surface area contributed by atoms with Crippen LogP contribution in [0.3, 0.4) is 0 Å². The Bertz CT molecular complexity index is 468. The fourth-order valence-electron chi connectivity index (χ4n) is 4.78. The van der Waals surface area contributed by atoms with Crippen molar-refractivity contribution in [3.8, 4) is 0 Å². The smallest absolute Gasteiger partial charge is 0.204 e. The van der Waals surface area contributed by atoms with E-state index in [4.69, 9.17) is 8.85 Å². The minimum absolute atomic E-state index is 0.0782. The molecule has 0 rings (SSSR count). The Hall–Kier alpha value is -1.21. The molecule has 2 nitrogen and oxygen atoms in total. The first-order valence-corrected chi connectivity index (χ1v) is 16.3. The predicted octanol–water partition coefficient (Wildman–Crippen LogP) is 8.08. The highest BCUT2D eigenvalue weighted by atomic mass is 28.4. The lowest BCUT2D eigenvalue weighted by molar-refractivity contribution is 0.0225. The van der Waals surface area contributed by atoms with Crippen molar-refractivity contribution in [3.63, 3.8) is 0 Å². The molecule has 0 amide bonds. The van der Waals surface area contributed by atoms with Gasteiger partial charge in [-0.15, -0.1) is 39.5 Å². The Kier molecular flexibility index (Phi) is 14.1. The summed E-state index contributed by atoms with van der Waals surface area (Å²) in [7, 11) is -4.13. The monoisotopic (exact) mass is 446 g/mol. The second kappa shape index (κ2) is 14.7. The summed E-state index contributed by atoms with van der Waals surface area (Å²) in [5.74, 6) is 0.712. The van der Waals surface area contributed by atoms with E-state index in [-0.39, 0.29) is 18.1 Å². The molecule has 170 valence electrons. The third kappa shape index (κ3) is 8.88. The third-order valence-corrected chi connectivity index (χ3v) is 13.8. The molecule has 0 aliphatic heterocycles. The highest BCUT2D eigenvalue weighted by Crippen LogP contribution is 2.35. The molecule has 0 aromatic carbocycles. The van der Waals surface area contributed by atoms with Crippen LogP contribution in [0, 0.1) is 11.8 Å². The molecule has 0 aromatic heterocycles. The summed E-state index contributed by atoms with van der Waals surface area (Å²) in [6, 6.07) is 5.40. The molecule has 0 fully saturated rings. The molecule has 0 saturated carbocycles. The summed E-state index contributed by atoms with van der Waals surface area (Å²) in [5, 5.41) is 0. The molecular weight excluding hydrogens is 400 g/mol. The SMILES string of the molecule is C=CC[Si](CC=C)(CC=C)OC(C)C(C(C)C)C(C)O[Si](CC=C)(CC=C)CC=C. The molecule has 0 aromatic rings. The highest BCUT2D eigenvalue weighted by Gasteiger charge is 2.40. The number of rotatable bonds is 19. The minimum Gasteiger partial charge on any atom is -0.413 e. The summed E-state index contributed by atoms with van der Waals surface area (Å²) in [4.78, 5) is 0. The average Bonchev–Trinajstić information content (AvgIpc) is 2.62. The van der Waals surface area contributed by atoms with Gasteiger partial charge in [0.1, 0.15) is 0 Å². The van der Waals surface area contributed by atoms with Crippen molar-refractivity contribution in [2.75, 3.05) is 0 Å². The van der Waals surface area contributed by atoms with Gasteiger partial charge in [0.15, 0.2) is 0 Å². The molecular formula is C26H46O2Si2. The summed E-state index contributed by atoms with van der Waals surface area (Å²) in [6.07, 6.45) is 12.1. The first kappa shape index (κ1) is 28.8. The third-order valence-electron chi connectivity index (χ3n) is 5.82. The van der Waals surface area contributed by atoms with E-state index >= 15 is 0 Å². The molecule has 2 unspecified atom stereocenters. The lowest BCUT2D eigenvalue weighted by Crippen LogP contribution is -2.49. The topological polar surface area (TPSA) is 18.5 Å². The zero-order chi connectivity index (χ0) is 23.2. The van der Waals surface area contributed by atoms with E-state index in [9.17, 15) is 0 Å². The van der Waals surface area contributed by atoms with Crippen molar-refractivity contribution in [1.82, 2.24) is 0 Å². The van der Waals surface area contributed by atoms with E-state index in [0.717, 1.165) is 36.3 Å². The van der Waals surface area contributed by atoms with Crippen molar-refractivity contribution < 1.29 is 8.85 Å². The van der Waals surface area contributed by atoms with Crippen molar-refractivity contribution in [1.29, 1.82) is 0 Å². The maximum absolute atomic E-state index is 6.90. The van der Waals surface area contributed by atoms with Crippen LogP contribution in [0.25, 0.3) is 0 Å². The second-order valence-electron chi connectivity index (χ2n) is 8.79. The maximum Gasteiger partial charge on any atom is 0.204 e. The molecule has 0 spiro atoms. The van der Waals surface area contributed by atoms with E-state index in [2.05, 4.69) is 67.2 Å². The van der Waals surface area contributed by atoms with Gasteiger partial charge >= 0.3 is 0 Å². The van der Waals surface area contributed by atoms with Crippen LogP contribution in [0.1, 0.15) is 27.7 Å². The van der Waals surface area contributed by atoms with Gasteiger partial charge in [-0.05, 0) is 56.0 Å². The maximum atomic E-state index is 6.90. The molecule has 2 atom stereocenters. The largest absolute Gasteiger partial charge is 0.413 e. The van der Waals surface area contributed by atoms with Crippen molar-refractivity contribution in [3.05, 3.63) is 75.9 Å². The van der Waals surface area contributed by atoms with Crippen LogP contribution in [0.15, 0.2) is 75.9 Å². The van der Waals surface area contributed by atoms with Gasteiger partial charge in [0.05, 0.1) is 0 Å². The molecule has 30 heavy (non-hydrogen) atoms. The minimum atomic E-state index is -2.06. The fourth-order valence-corrected chi connectivity index (χ4v) is 11.4. The molecule has 4 heteroatoms. The Labute approximate surface area is 189 Å². The quantitative estimate of drug-likeness (QED) is 0.147. The molecule has 0 N–H and O–H groups in total. The number of hydrogen-bond acceptors (Lipinski definition) is 2. The molecule has 0 saturated heterocycles. The molecule has 0 bridgehead atoms. The van der Waals surface area contributed by atoms with Gasteiger partial charge in [0.25, 0.3) is 0 Å². The molecule has 0 radical (unpaired) electrons. The van der Waals surface area contributed by atoms with E-state index in [0.29, 0.717) is 5.92 Å². The molecule has 0 aliphatic carbocycles. The van der Waals surface area contributed by atoms with E-state index in [1.807, 2.05) is 36.5 Å². The van der Waals surface area contributed by atoms with Crippen LogP contribution >= 0.6 is 0 Å². The van der Waals surface area contributed by atoms with Crippen molar-refractivity contribution in [2.45, 2.75) is 76.2 Å².